The highest BCUT2D eigenvalue weighted by molar-refractivity contribution is 5.77. The molecule has 4 rings (SSSR count). The van der Waals surface area contributed by atoms with Crippen molar-refractivity contribution in [1.82, 2.24) is 19.5 Å². The SMILES string of the molecule is CN1CCCOc2cccc(c2)-c2cnn3ccc(nc23)CCC1. The summed E-state index contributed by atoms with van der Waals surface area (Å²) in [6, 6.07) is 10.3. The van der Waals surface area contributed by atoms with Crippen LogP contribution in [0.1, 0.15) is 18.5 Å². The molecule has 0 saturated carbocycles. The molecule has 2 aromatic heterocycles. The third kappa shape index (κ3) is 3.12. The second-order valence-electron chi connectivity index (χ2n) is 6.38. The van der Waals surface area contributed by atoms with Gasteiger partial charge in [-0.25, -0.2) is 9.50 Å². The maximum atomic E-state index is 5.92. The van der Waals surface area contributed by atoms with E-state index >= 15 is 0 Å². The Morgan fingerprint density at radius 2 is 2.04 bits per heavy atom. The summed E-state index contributed by atoms with van der Waals surface area (Å²) < 4.78 is 7.77. The van der Waals surface area contributed by atoms with E-state index in [2.05, 4.69) is 35.2 Å². The van der Waals surface area contributed by atoms with Gasteiger partial charge in [-0.2, -0.15) is 5.10 Å². The van der Waals surface area contributed by atoms with E-state index in [-0.39, 0.29) is 0 Å². The summed E-state index contributed by atoms with van der Waals surface area (Å²) in [5.41, 5.74) is 4.18. The van der Waals surface area contributed by atoms with Crippen LogP contribution in [-0.4, -0.2) is 46.2 Å². The summed E-state index contributed by atoms with van der Waals surface area (Å²) >= 11 is 0. The molecule has 3 aromatic rings. The first-order chi connectivity index (χ1) is 11.8. The summed E-state index contributed by atoms with van der Waals surface area (Å²) in [6.45, 7) is 2.87. The van der Waals surface area contributed by atoms with Crippen LogP contribution in [0.3, 0.4) is 0 Å². The van der Waals surface area contributed by atoms with E-state index in [0.717, 1.165) is 67.2 Å². The Hall–Kier alpha value is -2.40. The molecule has 0 atom stereocenters. The Balaban J connectivity index is 1.76. The van der Waals surface area contributed by atoms with E-state index in [1.807, 2.05) is 29.0 Å². The number of rotatable bonds is 0. The molecule has 0 fully saturated rings. The molecule has 1 aliphatic heterocycles. The lowest BCUT2D eigenvalue weighted by Gasteiger charge is -2.16. The first-order valence-electron chi connectivity index (χ1n) is 8.55. The molecule has 0 radical (unpaired) electrons. The second kappa shape index (κ2) is 6.61. The van der Waals surface area contributed by atoms with E-state index in [1.165, 1.54) is 0 Å². The summed E-state index contributed by atoms with van der Waals surface area (Å²) in [7, 11) is 2.17. The van der Waals surface area contributed by atoms with Crippen molar-refractivity contribution in [2.24, 2.45) is 0 Å². The predicted molar refractivity (Wildman–Crippen MR) is 94.4 cm³/mol. The maximum absolute atomic E-state index is 5.92. The monoisotopic (exact) mass is 322 g/mol. The van der Waals surface area contributed by atoms with Gasteiger partial charge >= 0.3 is 0 Å². The topological polar surface area (TPSA) is 42.7 Å². The molecule has 5 heteroatoms. The van der Waals surface area contributed by atoms with Crippen molar-refractivity contribution in [3.63, 3.8) is 0 Å². The van der Waals surface area contributed by atoms with Gasteiger partial charge in [0.1, 0.15) is 5.75 Å². The highest BCUT2D eigenvalue weighted by atomic mass is 16.5. The van der Waals surface area contributed by atoms with Gasteiger partial charge in [-0.15, -0.1) is 0 Å². The Labute approximate surface area is 141 Å². The molecule has 5 nitrogen and oxygen atoms in total. The molecule has 4 bridgehead atoms. The zero-order chi connectivity index (χ0) is 16.4. The number of hydrogen-bond donors (Lipinski definition) is 0. The largest absolute Gasteiger partial charge is 0.494 e. The van der Waals surface area contributed by atoms with Gasteiger partial charge in [-0.3, -0.25) is 0 Å². The van der Waals surface area contributed by atoms with E-state index in [0.29, 0.717) is 0 Å². The number of ether oxygens (including phenoxy) is 1. The van der Waals surface area contributed by atoms with E-state index < -0.39 is 0 Å². The zero-order valence-electron chi connectivity index (χ0n) is 14.0. The lowest BCUT2D eigenvalue weighted by Crippen LogP contribution is -2.22. The predicted octanol–water partition coefficient (Wildman–Crippen LogP) is 3.04. The Morgan fingerprint density at radius 3 is 3.00 bits per heavy atom. The van der Waals surface area contributed by atoms with E-state index in [9.17, 15) is 0 Å². The smallest absolute Gasteiger partial charge is 0.163 e. The quantitative estimate of drug-likeness (QED) is 0.638. The van der Waals surface area contributed by atoms with Crippen LogP contribution in [0.15, 0.2) is 42.7 Å². The molecule has 0 saturated heterocycles. The third-order valence-corrected chi connectivity index (χ3v) is 4.50. The molecular formula is C19H22N4O. The van der Waals surface area contributed by atoms with Crippen LogP contribution in [0.25, 0.3) is 16.8 Å². The van der Waals surface area contributed by atoms with Crippen LogP contribution in [-0.2, 0) is 6.42 Å². The minimum atomic E-state index is 0.739. The number of hydrogen-bond acceptors (Lipinski definition) is 4. The molecule has 3 heterocycles. The molecule has 24 heavy (non-hydrogen) atoms. The molecule has 0 spiro atoms. The minimum Gasteiger partial charge on any atom is -0.494 e. The molecule has 1 aliphatic rings. The number of nitrogens with zero attached hydrogens (tertiary/aromatic N) is 4. The van der Waals surface area contributed by atoms with Crippen LogP contribution in [0, 0.1) is 0 Å². The summed E-state index contributed by atoms with van der Waals surface area (Å²) in [4.78, 5) is 7.21. The van der Waals surface area contributed by atoms with Crippen molar-refractivity contribution < 1.29 is 4.74 Å². The number of fused-ring (bicyclic) bond motifs is 4. The van der Waals surface area contributed by atoms with Gasteiger partial charge in [0.25, 0.3) is 0 Å². The van der Waals surface area contributed by atoms with Crippen molar-refractivity contribution in [1.29, 1.82) is 0 Å². The standard InChI is InChI=1S/C19H22N4O/c1-22-9-3-6-16-8-11-23-19(21-16)18(14-20-23)15-5-2-7-17(13-15)24-12-4-10-22/h2,5,7-8,11,13-14H,3-4,6,9-10,12H2,1H3. The fourth-order valence-electron chi connectivity index (χ4n) is 3.17. The fourth-order valence-corrected chi connectivity index (χ4v) is 3.17. The lowest BCUT2D eigenvalue weighted by atomic mass is 10.1. The molecular weight excluding hydrogens is 300 g/mol. The van der Waals surface area contributed by atoms with Crippen LogP contribution in [0.4, 0.5) is 0 Å². The average Bonchev–Trinajstić information content (AvgIpc) is 3.01. The van der Waals surface area contributed by atoms with Crippen LogP contribution < -0.4 is 4.74 Å². The second-order valence-corrected chi connectivity index (χ2v) is 6.38. The van der Waals surface area contributed by atoms with Crippen LogP contribution in [0.5, 0.6) is 5.75 Å². The van der Waals surface area contributed by atoms with Gasteiger partial charge in [0, 0.05) is 24.0 Å². The van der Waals surface area contributed by atoms with E-state index in [4.69, 9.17) is 9.72 Å². The third-order valence-electron chi connectivity index (χ3n) is 4.50. The summed E-state index contributed by atoms with van der Waals surface area (Å²) in [5, 5.41) is 4.44. The average molecular weight is 322 g/mol. The van der Waals surface area contributed by atoms with Gasteiger partial charge in [0.05, 0.1) is 12.8 Å². The Kier molecular flexibility index (Phi) is 4.17. The van der Waals surface area contributed by atoms with Gasteiger partial charge < -0.3 is 9.64 Å². The molecule has 0 aliphatic carbocycles. The summed E-state index contributed by atoms with van der Waals surface area (Å²) in [6.07, 6.45) is 7.02. The zero-order valence-corrected chi connectivity index (χ0v) is 14.0. The van der Waals surface area contributed by atoms with Crippen LogP contribution >= 0.6 is 0 Å². The van der Waals surface area contributed by atoms with Crippen molar-refractivity contribution >= 4 is 5.65 Å². The molecule has 1 aromatic carbocycles. The molecule has 0 amide bonds. The number of aryl methyl sites for hydroxylation is 1. The molecule has 0 unspecified atom stereocenters. The van der Waals surface area contributed by atoms with Gasteiger partial charge in [-0.1, -0.05) is 12.1 Å². The van der Waals surface area contributed by atoms with E-state index in [1.54, 1.807) is 0 Å². The van der Waals surface area contributed by atoms with Gasteiger partial charge in [-0.05, 0) is 56.6 Å². The number of aromatic nitrogens is 3. The van der Waals surface area contributed by atoms with Crippen LogP contribution in [0.2, 0.25) is 0 Å². The van der Waals surface area contributed by atoms with Crippen molar-refractivity contribution in [2.45, 2.75) is 19.3 Å². The Bertz CT molecular complexity index is 842. The minimum absolute atomic E-state index is 0.739. The lowest BCUT2D eigenvalue weighted by molar-refractivity contribution is 0.261. The highest BCUT2D eigenvalue weighted by Crippen LogP contribution is 2.27. The highest BCUT2D eigenvalue weighted by Gasteiger charge is 2.11. The first kappa shape index (κ1) is 15.1. The fraction of sp³-hybridized carbons (Fsp3) is 0.368. The molecule has 124 valence electrons. The van der Waals surface area contributed by atoms with Crippen molar-refractivity contribution in [2.75, 3.05) is 26.7 Å². The van der Waals surface area contributed by atoms with Gasteiger partial charge in [0.2, 0.25) is 0 Å². The van der Waals surface area contributed by atoms with Crippen molar-refractivity contribution in [3.8, 4) is 16.9 Å². The normalized spacial score (nSPS) is 16.5. The van der Waals surface area contributed by atoms with Gasteiger partial charge in [0.15, 0.2) is 5.65 Å². The first-order valence-corrected chi connectivity index (χ1v) is 8.55. The molecule has 0 N–H and O–H groups in total. The summed E-state index contributed by atoms with van der Waals surface area (Å²) in [5.74, 6) is 0.903. The number of benzene rings is 1. The Morgan fingerprint density at radius 1 is 1.12 bits per heavy atom. The van der Waals surface area contributed by atoms with Crippen molar-refractivity contribution in [3.05, 3.63) is 48.4 Å². The maximum Gasteiger partial charge on any atom is 0.163 e.